The first-order valence-corrected chi connectivity index (χ1v) is 10.4. The van der Waals surface area contributed by atoms with Gasteiger partial charge in [0.25, 0.3) is 5.91 Å². The summed E-state index contributed by atoms with van der Waals surface area (Å²) >= 11 is 1.34. The van der Waals surface area contributed by atoms with E-state index in [1.807, 2.05) is 24.4 Å². The summed E-state index contributed by atoms with van der Waals surface area (Å²) in [6.07, 6.45) is 3.35. The summed E-state index contributed by atoms with van der Waals surface area (Å²) in [4.78, 5) is 24.7. The van der Waals surface area contributed by atoms with Gasteiger partial charge in [0.1, 0.15) is 9.71 Å². The van der Waals surface area contributed by atoms with Crippen molar-refractivity contribution in [1.82, 2.24) is 14.9 Å². The number of morpholine rings is 1. The Labute approximate surface area is 171 Å². The average molecular weight is 404 g/mol. The van der Waals surface area contributed by atoms with Crippen LogP contribution in [0.2, 0.25) is 0 Å². The van der Waals surface area contributed by atoms with E-state index in [4.69, 9.17) is 10.5 Å². The highest BCUT2D eigenvalue weighted by Crippen LogP contribution is 2.37. The molecule has 1 aromatic carbocycles. The Balaban J connectivity index is 1.46. The van der Waals surface area contributed by atoms with Gasteiger partial charge in [-0.25, -0.2) is 4.98 Å². The monoisotopic (exact) mass is 404 g/mol. The van der Waals surface area contributed by atoms with E-state index in [2.05, 4.69) is 39.1 Å². The van der Waals surface area contributed by atoms with E-state index in [1.165, 1.54) is 16.9 Å². The number of hydrogen-bond acceptors (Lipinski definition) is 6. The van der Waals surface area contributed by atoms with Gasteiger partial charge in [0.15, 0.2) is 0 Å². The van der Waals surface area contributed by atoms with Gasteiger partial charge < -0.3 is 10.5 Å². The number of fused-ring (bicyclic) bond motifs is 2. The van der Waals surface area contributed by atoms with Crippen molar-refractivity contribution in [2.75, 3.05) is 19.7 Å². The first kappa shape index (κ1) is 18.2. The van der Waals surface area contributed by atoms with Crippen LogP contribution in [0.1, 0.15) is 26.9 Å². The zero-order chi connectivity index (χ0) is 19.8. The van der Waals surface area contributed by atoms with Gasteiger partial charge in [-0.3, -0.25) is 14.7 Å². The molecule has 2 N–H and O–H groups in total. The average Bonchev–Trinajstić information content (AvgIpc) is 3.14. The molecule has 7 heteroatoms. The fraction of sp³-hybridized carbons (Fsp3) is 0.227. The van der Waals surface area contributed by atoms with E-state index in [1.54, 1.807) is 6.20 Å². The number of nitrogens with zero attached hydrogens (tertiary/aromatic N) is 3. The van der Waals surface area contributed by atoms with E-state index < -0.39 is 5.91 Å². The Morgan fingerprint density at radius 1 is 1.17 bits per heavy atom. The van der Waals surface area contributed by atoms with Crippen molar-refractivity contribution >= 4 is 38.4 Å². The number of amides is 1. The number of hydrogen-bond donors (Lipinski definition) is 1. The topological polar surface area (TPSA) is 81.3 Å². The minimum atomic E-state index is -0.429. The second-order valence-electron chi connectivity index (χ2n) is 7.15. The third-order valence-corrected chi connectivity index (χ3v) is 6.46. The van der Waals surface area contributed by atoms with Gasteiger partial charge in [-0.05, 0) is 17.7 Å². The molecule has 6 nitrogen and oxygen atoms in total. The van der Waals surface area contributed by atoms with E-state index in [0.29, 0.717) is 18.0 Å². The van der Waals surface area contributed by atoms with Crippen LogP contribution >= 0.6 is 11.3 Å². The highest BCUT2D eigenvalue weighted by Gasteiger charge is 2.29. The van der Waals surface area contributed by atoms with Gasteiger partial charge in [-0.15, -0.1) is 11.3 Å². The minimum absolute atomic E-state index is 0.216. The molecule has 0 spiro atoms. The van der Waals surface area contributed by atoms with Crippen LogP contribution in [-0.2, 0) is 11.3 Å². The Morgan fingerprint density at radius 2 is 2.00 bits per heavy atom. The molecule has 1 atom stereocenters. The van der Waals surface area contributed by atoms with E-state index in [-0.39, 0.29) is 6.10 Å². The minimum Gasteiger partial charge on any atom is -0.371 e. The molecular weight excluding hydrogens is 384 g/mol. The summed E-state index contributed by atoms with van der Waals surface area (Å²) in [7, 11) is 0. The molecule has 146 valence electrons. The highest BCUT2D eigenvalue weighted by molar-refractivity contribution is 7.20. The number of thiophene rings is 1. The third kappa shape index (κ3) is 3.37. The number of carbonyl (C=O) groups excluding carboxylic acids is 1. The summed E-state index contributed by atoms with van der Waals surface area (Å²) in [5, 5.41) is 2.09. The quantitative estimate of drug-likeness (QED) is 0.563. The predicted molar refractivity (Wildman–Crippen MR) is 114 cm³/mol. The summed E-state index contributed by atoms with van der Waals surface area (Å²) in [6, 6.07) is 14.2. The molecule has 3 aromatic heterocycles. The van der Waals surface area contributed by atoms with Crippen molar-refractivity contribution in [1.29, 1.82) is 0 Å². The van der Waals surface area contributed by atoms with Crippen LogP contribution in [0.3, 0.4) is 0 Å². The Kier molecular flexibility index (Phi) is 4.71. The number of benzene rings is 1. The van der Waals surface area contributed by atoms with Crippen LogP contribution in [0.4, 0.5) is 0 Å². The lowest BCUT2D eigenvalue weighted by Crippen LogP contribution is -2.38. The van der Waals surface area contributed by atoms with Gasteiger partial charge >= 0.3 is 0 Å². The van der Waals surface area contributed by atoms with Crippen molar-refractivity contribution in [2.45, 2.75) is 12.6 Å². The SMILES string of the molecule is NC(=O)c1sc2ncccc2c1C1CN(Cc2cccc3cccnc23)CCO1. The molecule has 1 aliphatic rings. The Bertz CT molecular complexity index is 1200. The number of para-hydroxylation sites is 1. The zero-order valence-corrected chi connectivity index (χ0v) is 16.6. The van der Waals surface area contributed by atoms with Crippen molar-refractivity contribution in [3.05, 3.63) is 70.9 Å². The molecule has 29 heavy (non-hydrogen) atoms. The fourth-order valence-corrected chi connectivity index (χ4v) is 5.06. The first-order chi connectivity index (χ1) is 14.2. The number of ether oxygens (including phenoxy) is 1. The van der Waals surface area contributed by atoms with Crippen molar-refractivity contribution in [3.63, 3.8) is 0 Å². The largest absolute Gasteiger partial charge is 0.371 e. The smallest absolute Gasteiger partial charge is 0.259 e. The van der Waals surface area contributed by atoms with Crippen molar-refractivity contribution in [3.8, 4) is 0 Å². The lowest BCUT2D eigenvalue weighted by atomic mass is 10.0. The van der Waals surface area contributed by atoms with Gasteiger partial charge in [-0.2, -0.15) is 0 Å². The molecule has 1 fully saturated rings. The maximum atomic E-state index is 12.1. The van der Waals surface area contributed by atoms with Crippen LogP contribution in [-0.4, -0.2) is 40.5 Å². The molecule has 4 heterocycles. The van der Waals surface area contributed by atoms with Crippen molar-refractivity contribution in [2.24, 2.45) is 5.73 Å². The highest BCUT2D eigenvalue weighted by atomic mass is 32.1. The molecule has 5 rings (SSSR count). The lowest BCUT2D eigenvalue weighted by Gasteiger charge is -2.33. The number of pyridine rings is 2. The summed E-state index contributed by atoms with van der Waals surface area (Å²) in [5.74, 6) is -0.429. The second kappa shape index (κ2) is 7.51. The molecule has 1 unspecified atom stereocenters. The Morgan fingerprint density at radius 3 is 2.90 bits per heavy atom. The predicted octanol–water partition coefficient (Wildman–Crippen LogP) is 3.52. The van der Waals surface area contributed by atoms with E-state index in [0.717, 1.165) is 39.8 Å². The molecule has 0 aliphatic carbocycles. The normalized spacial score (nSPS) is 17.7. The molecule has 1 saturated heterocycles. The number of rotatable bonds is 4. The summed E-state index contributed by atoms with van der Waals surface area (Å²) in [5.41, 5.74) is 8.76. The lowest BCUT2D eigenvalue weighted by molar-refractivity contribution is -0.0321. The maximum absolute atomic E-state index is 12.1. The first-order valence-electron chi connectivity index (χ1n) is 9.54. The van der Waals surface area contributed by atoms with Crippen molar-refractivity contribution < 1.29 is 9.53 Å². The molecule has 0 saturated carbocycles. The zero-order valence-electron chi connectivity index (χ0n) is 15.7. The number of nitrogens with two attached hydrogens (primary N) is 1. The molecule has 1 aliphatic heterocycles. The van der Waals surface area contributed by atoms with Gasteiger partial charge in [0.05, 0.1) is 18.2 Å². The van der Waals surface area contributed by atoms with Crippen LogP contribution in [0.25, 0.3) is 21.1 Å². The standard InChI is InChI=1S/C22H20N4O2S/c23-21(27)20-18(16-7-3-9-25-22(16)29-20)17-13-26(10-11-28-17)12-15-5-1-4-14-6-2-8-24-19(14)15/h1-9,17H,10-13H2,(H2,23,27). The Hall–Kier alpha value is -2.87. The summed E-state index contributed by atoms with van der Waals surface area (Å²) < 4.78 is 6.09. The third-order valence-electron chi connectivity index (χ3n) is 5.31. The van der Waals surface area contributed by atoms with Crippen LogP contribution in [0.5, 0.6) is 0 Å². The van der Waals surface area contributed by atoms with Gasteiger partial charge in [0, 0.05) is 48.4 Å². The number of primary amides is 1. The van der Waals surface area contributed by atoms with Crippen LogP contribution < -0.4 is 5.73 Å². The van der Waals surface area contributed by atoms with Gasteiger partial charge in [-0.1, -0.05) is 30.3 Å². The van der Waals surface area contributed by atoms with Crippen LogP contribution in [0, 0.1) is 0 Å². The van der Waals surface area contributed by atoms with Crippen LogP contribution in [0.15, 0.2) is 54.9 Å². The summed E-state index contributed by atoms with van der Waals surface area (Å²) in [6.45, 7) is 2.88. The van der Waals surface area contributed by atoms with Gasteiger partial charge in [0.2, 0.25) is 0 Å². The maximum Gasteiger partial charge on any atom is 0.259 e. The van der Waals surface area contributed by atoms with E-state index >= 15 is 0 Å². The molecular formula is C22H20N4O2S. The fourth-order valence-electron chi connectivity index (χ4n) is 4.01. The van der Waals surface area contributed by atoms with E-state index in [9.17, 15) is 4.79 Å². The molecule has 1 amide bonds. The number of carbonyl (C=O) groups is 1. The second-order valence-corrected chi connectivity index (χ2v) is 8.15. The molecule has 0 bridgehead atoms. The molecule has 4 aromatic rings. The number of aromatic nitrogens is 2. The molecule has 0 radical (unpaired) electrons.